The third-order valence-electron chi connectivity index (χ3n) is 4.16. The molecule has 1 atom stereocenters. The van der Waals surface area contributed by atoms with Gasteiger partial charge < -0.3 is 11.1 Å². The summed E-state index contributed by atoms with van der Waals surface area (Å²) in [5, 5.41) is 2.92. The quantitative estimate of drug-likeness (QED) is 0.812. The third-order valence-corrected chi connectivity index (χ3v) is 4.16. The third kappa shape index (κ3) is 5.43. The van der Waals surface area contributed by atoms with E-state index in [-0.39, 0.29) is 5.91 Å². The van der Waals surface area contributed by atoms with Crippen molar-refractivity contribution in [1.29, 1.82) is 0 Å². The van der Waals surface area contributed by atoms with Gasteiger partial charge in [-0.25, -0.2) is 0 Å². The molecular weight excluding hydrogens is 274 g/mol. The summed E-state index contributed by atoms with van der Waals surface area (Å²) in [4.78, 5) is 14.4. The van der Waals surface area contributed by atoms with Crippen LogP contribution in [0.25, 0.3) is 0 Å². The van der Waals surface area contributed by atoms with E-state index in [2.05, 4.69) is 48.3 Å². The molecule has 122 valence electrons. The minimum absolute atomic E-state index is 0.0603. The molecule has 1 saturated heterocycles. The highest BCUT2D eigenvalue weighted by atomic mass is 16.2. The van der Waals surface area contributed by atoms with Crippen LogP contribution in [0, 0.1) is 5.92 Å². The Balaban J connectivity index is 1.77. The second-order valence-corrected chi connectivity index (χ2v) is 6.75. The molecule has 0 bridgehead atoms. The van der Waals surface area contributed by atoms with E-state index in [1.807, 2.05) is 0 Å². The van der Waals surface area contributed by atoms with Gasteiger partial charge in [0.1, 0.15) is 0 Å². The van der Waals surface area contributed by atoms with Crippen LogP contribution in [0.15, 0.2) is 24.3 Å². The van der Waals surface area contributed by atoms with Crippen molar-refractivity contribution in [1.82, 2.24) is 10.2 Å². The topological polar surface area (TPSA) is 58.4 Å². The monoisotopic (exact) mass is 303 g/mol. The summed E-state index contributed by atoms with van der Waals surface area (Å²) in [5.74, 6) is 0.375. The van der Waals surface area contributed by atoms with Gasteiger partial charge in [-0.2, -0.15) is 0 Å². The van der Waals surface area contributed by atoms with Crippen molar-refractivity contribution in [3.05, 3.63) is 35.4 Å². The molecule has 1 heterocycles. The van der Waals surface area contributed by atoms with E-state index in [9.17, 15) is 4.79 Å². The van der Waals surface area contributed by atoms with E-state index in [1.165, 1.54) is 31.5 Å². The smallest absolute Gasteiger partial charge is 0.237 e. The molecule has 1 aromatic rings. The Bertz CT molecular complexity index is 464. The first-order valence-corrected chi connectivity index (χ1v) is 8.38. The van der Waals surface area contributed by atoms with Crippen molar-refractivity contribution < 1.29 is 4.79 Å². The van der Waals surface area contributed by atoms with Gasteiger partial charge in [-0.3, -0.25) is 9.69 Å². The van der Waals surface area contributed by atoms with E-state index in [4.69, 9.17) is 5.73 Å². The zero-order valence-corrected chi connectivity index (χ0v) is 13.8. The minimum atomic E-state index is -0.408. The SMILES string of the molecule is CC(C)C[C@H](N)C(=O)NCc1ccc(CN2CCCC2)cc1. The van der Waals surface area contributed by atoms with E-state index in [0.29, 0.717) is 12.5 Å². The maximum Gasteiger partial charge on any atom is 0.237 e. The molecule has 22 heavy (non-hydrogen) atoms. The number of nitrogens with zero attached hydrogens (tertiary/aromatic N) is 1. The van der Waals surface area contributed by atoms with E-state index in [0.717, 1.165) is 18.5 Å². The van der Waals surface area contributed by atoms with Crippen molar-refractivity contribution >= 4 is 5.91 Å². The fourth-order valence-electron chi connectivity index (χ4n) is 2.90. The fourth-order valence-corrected chi connectivity index (χ4v) is 2.90. The van der Waals surface area contributed by atoms with Crippen LogP contribution in [-0.4, -0.2) is 29.9 Å². The highest BCUT2D eigenvalue weighted by Crippen LogP contribution is 2.13. The normalized spacial score (nSPS) is 16.9. The standard InChI is InChI=1S/C18H29N3O/c1-14(2)11-17(19)18(22)20-12-15-5-7-16(8-6-15)13-21-9-3-4-10-21/h5-8,14,17H,3-4,9-13,19H2,1-2H3,(H,20,22)/t17-/m0/s1. The van der Waals surface area contributed by atoms with Gasteiger partial charge in [0.15, 0.2) is 0 Å². The number of amides is 1. The molecule has 0 aliphatic carbocycles. The Morgan fingerprint density at radius 3 is 2.36 bits per heavy atom. The number of carbonyl (C=O) groups excluding carboxylic acids is 1. The van der Waals surface area contributed by atoms with Gasteiger partial charge in [-0.05, 0) is 49.4 Å². The van der Waals surface area contributed by atoms with Crippen LogP contribution in [0.1, 0.15) is 44.2 Å². The number of benzene rings is 1. The largest absolute Gasteiger partial charge is 0.351 e. The van der Waals surface area contributed by atoms with Crippen molar-refractivity contribution in [2.24, 2.45) is 11.7 Å². The van der Waals surface area contributed by atoms with Crippen LogP contribution in [0.2, 0.25) is 0 Å². The molecule has 0 unspecified atom stereocenters. The molecule has 1 fully saturated rings. The predicted molar refractivity (Wildman–Crippen MR) is 90.2 cm³/mol. The highest BCUT2D eigenvalue weighted by molar-refractivity contribution is 5.81. The lowest BCUT2D eigenvalue weighted by Crippen LogP contribution is -2.41. The molecule has 1 amide bonds. The van der Waals surface area contributed by atoms with Gasteiger partial charge in [-0.1, -0.05) is 38.1 Å². The molecule has 0 spiro atoms. The predicted octanol–water partition coefficient (Wildman–Crippen LogP) is 2.27. The van der Waals surface area contributed by atoms with Gasteiger partial charge in [-0.15, -0.1) is 0 Å². The van der Waals surface area contributed by atoms with Crippen LogP contribution in [0.3, 0.4) is 0 Å². The first kappa shape index (κ1) is 17.0. The van der Waals surface area contributed by atoms with E-state index in [1.54, 1.807) is 0 Å². The molecule has 1 aromatic carbocycles. The maximum atomic E-state index is 11.9. The Hall–Kier alpha value is -1.39. The molecule has 2 rings (SSSR count). The Morgan fingerprint density at radius 2 is 1.77 bits per heavy atom. The zero-order chi connectivity index (χ0) is 15.9. The Labute approximate surface area is 134 Å². The second-order valence-electron chi connectivity index (χ2n) is 6.75. The lowest BCUT2D eigenvalue weighted by Gasteiger charge is -2.15. The molecule has 4 heteroatoms. The van der Waals surface area contributed by atoms with E-state index >= 15 is 0 Å². The van der Waals surface area contributed by atoms with E-state index < -0.39 is 6.04 Å². The molecule has 0 radical (unpaired) electrons. The summed E-state index contributed by atoms with van der Waals surface area (Å²) >= 11 is 0. The van der Waals surface area contributed by atoms with Crippen molar-refractivity contribution in [2.75, 3.05) is 13.1 Å². The van der Waals surface area contributed by atoms with Crippen LogP contribution < -0.4 is 11.1 Å². The first-order valence-electron chi connectivity index (χ1n) is 8.38. The Kier molecular flexibility index (Phi) is 6.40. The number of carbonyl (C=O) groups is 1. The van der Waals surface area contributed by atoms with Gasteiger partial charge in [0.2, 0.25) is 5.91 Å². The van der Waals surface area contributed by atoms with Crippen LogP contribution in [0.4, 0.5) is 0 Å². The van der Waals surface area contributed by atoms with Gasteiger partial charge in [0, 0.05) is 13.1 Å². The highest BCUT2D eigenvalue weighted by Gasteiger charge is 2.14. The summed E-state index contributed by atoms with van der Waals surface area (Å²) in [6, 6.07) is 8.11. The number of hydrogen-bond donors (Lipinski definition) is 2. The molecule has 4 nitrogen and oxygen atoms in total. The first-order chi connectivity index (χ1) is 10.5. The Morgan fingerprint density at radius 1 is 1.18 bits per heavy atom. The summed E-state index contributed by atoms with van der Waals surface area (Å²) in [6.07, 6.45) is 3.36. The summed E-state index contributed by atoms with van der Waals surface area (Å²) in [5.41, 5.74) is 8.34. The number of nitrogens with one attached hydrogen (secondary N) is 1. The van der Waals surface area contributed by atoms with Gasteiger partial charge in [0.25, 0.3) is 0 Å². The number of hydrogen-bond acceptors (Lipinski definition) is 3. The second kappa shape index (κ2) is 8.30. The molecule has 0 saturated carbocycles. The van der Waals surface area contributed by atoms with Gasteiger partial charge >= 0.3 is 0 Å². The summed E-state index contributed by atoms with van der Waals surface area (Å²) < 4.78 is 0. The summed E-state index contributed by atoms with van der Waals surface area (Å²) in [7, 11) is 0. The molecule has 1 aliphatic rings. The molecule has 1 aliphatic heterocycles. The van der Waals surface area contributed by atoms with Gasteiger partial charge in [0.05, 0.1) is 6.04 Å². The maximum absolute atomic E-state index is 11.9. The lowest BCUT2D eigenvalue weighted by molar-refractivity contribution is -0.122. The van der Waals surface area contributed by atoms with Crippen molar-refractivity contribution in [3.8, 4) is 0 Å². The number of nitrogens with two attached hydrogens (primary N) is 1. The van der Waals surface area contributed by atoms with Crippen molar-refractivity contribution in [3.63, 3.8) is 0 Å². The van der Waals surface area contributed by atoms with Crippen LogP contribution in [-0.2, 0) is 17.9 Å². The number of rotatable bonds is 7. The number of likely N-dealkylation sites (tertiary alicyclic amines) is 1. The van der Waals surface area contributed by atoms with Crippen LogP contribution >= 0.6 is 0 Å². The van der Waals surface area contributed by atoms with Crippen LogP contribution in [0.5, 0.6) is 0 Å². The molecule has 0 aromatic heterocycles. The lowest BCUT2D eigenvalue weighted by atomic mass is 10.0. The fraction of sp³-hybridized carbons (Fsp3) is 0.611. The minimum Gasteiger partial charge on any atom is -0.351 e. The molecule has 3 N–H and O–H groups in total. The molecular formula is C18H29N3O. The van der Waals surface area contributed by atoms with Crippen molar-refractivity contribution in [2.45, 2.75) is 52.2 Å². The average molecular weight is 303 g/mol. The summed E-state index contributed by atoms with van der Waals surface area (Å²) in [6.45, 7) is 8.16. The zero-order valence-electron chi connectivity index (χ0n) is 13.8. The average Bonchev–Trinajstić information content (AvgIpc) is 2.98.